The number of carbonyl (C=O) groups excluding carboxylic acids is 1. The average molecular weight is 316 g/mol. The lowest BCUT2D eigenvalue weighted by Gasteiger charge is -2.12. The molecule has 1 unspecified atom stereocenters. The van der Waals surface area contributed by atoms with Gasteiger partial charge in [0.2, 0.25) is 0 Å². The van der Waals surface area contributed by atoms with Crippen molar-refractivity contribution in [3.8, 4) is 0 Å². The highest BCUT2D eigenvalue weighted by atomic mass is 32.1. The molecule has 0 fully saturated rings. The Kier molecular flexibility index (Phi) is 3.94. The smallest absolute Gasteiger partial charge is 0.263 e. The zero-order chi connectivity index (χ0) is 14.8. The molecule has 3 rings (SSSR count). The van der Waals surface area contributed by atoms with Gasteiger partial charge in [0.1, 0.15) is 4.88 Å². The second-order valence-electron chi connectivity index (χ2n) is 5.05. The molecule has 0 bridgehead atoms. The molecule has 3 nitrogen and oxygen atoms in total. The van der Waals surface area contributed by atoms with Crippen molar-refractivity contribution in [1.82, 2.24) is 5.32 Å². The highest BCUT2D eigenvalue weighted by molar-refractivity contribution is 7.21. The minimum Gasteiger partial charge on any atom is -0.397 e. The van der Waals surface area contributed by atoms with Crippen molar-refractivity contribution >= 4 is 44.4 Å². The van der Waals surface area contributed by atoms with Gasteiger partial charge in [0.05, 0.1) is 5.69 Å². The summed E-state index contributed by atoms with van der Waals surface area (Å²) in [5.41, 5.74) is 7.93. The van der Waals surface area contributed by atoms with Gasteiger partial charge in [-0.05, 0) is 41.8 Å². The maximum absolute atomic E-state index is 12.4. The van der Waals surface area contributed by atoms with Crippen molar-refractivity contribution in [3.63, 3.8) is 0 Å². The molecule has 2 heterocycles. The third-order valence-electron chi connectivity index (χ3n) is 3.34. The van der Waals surface area contributed by atoms with Gasteiger partial charge in [-0.3, -0.25) is 4.79 Å². The van der Waals surface area contributed by atoms with Crippen LogP contribution in [0.2, 0.25) is 0 Å². The van der Waals surface area contributed by atoms with Crippen LogP contribution in [0, 0.1) is 0 Å². The summed E-state index contributed by atoms with van der Waals surface area (Å²) in [6.07, 6.45) is 0.833. The molecule has 21 heavy (non-hydrogen) atoms. The Hall–Kier alpha value is -1.85. The third kappa shape index (κ3) is 2.94. The molecule has 0 aliphatic heterocycles. The normalized spacial score (nSPS) is 12.4. The number of fused-ring (bicyclic) bond motifs is 1. The Bertz CT molecular complexity index is 762. The number of hydrogen-bond donors (Lipinski definition) is 2. The van der Waals surface area contributed by atoms with E-state index in [1.807, 2.05) is 36.6 Å². The predicted molar refractivity (Wildman–Crippen MR) is 91.2 cm³/mol. The number of anilines is 1. The molecule has 3 N–H and O–H groups in total. The minimum absolute atomic E-state index is 0.0803. The van der Waals surface area contributed by atoms with Gasteiger partial charge in [-0.15, -0.1) is 11.3 Å². The monoisotopic (exact) mass is 316 g/mol. The standard InChI is InChI=1S/C16H16N2OS2/c1-10(8-11-6-7-20-9-11)18-16(19)15-14(17)12-4-2-3-5-13(12)21-15/h2-7,9-10H,8,17H2,1H3,(H,18,19). The van der Waals surface area contributed by atoms with Gasteiger partial charge in [-0.2, -0.15) is 11.3 Å². The van der Waals surface area contributed by atoms with Gasteiger partial charge in [-0.1, -0.05) is 18.2 Å². The highest BCUT2D eigenvalue weighted by Gasteiger charge is 2.17. The highest BCUT2D eigenvalue weighted by Crippen LogP contribution is 2.33. The Labute approximate surface area is 131 Å². The maximum Gasteiger partial charge on any atom is 0.263 e. The molecule has 3 aromatic rings. The number of thiophene rings is 2. The zero-order valence-corrected chi connectivity index (χ0v) is 13.3. The summed E-state index contributed by atoms with van der Waals surface area (Å²) in [7, 11) is 0. The van der Waals surface area contributed by atoms with E-state index in [4.69, 9.17) is 5.73 Å². The van der Waals surface area contributed by atoms with E-state index in [1.165, 1.54) is 16.9 Å². The molecule has 0 saturated heterocycles. The lowest BCUT2D eigenvalue weighted by Crippen LogP contribution is -2.33. The fourth-order valence-corrected chi connectivity index (χ4v) is 4.04. The maximum atomic E-state index is 12.4. The van der Waals surface area contributed by atoms with Crippen molar-refractivity contribution in [1.29, 1.82) is 0 Å². The van der Waals surface area contributed by atoms with Crippen LogP contribution in [0.25, 0.3) is 10.1 Å². The van der Waals surface area contributed by atoms with E-state index in [0.29, 0.717) is 10.6 Å². The number of carbonyl (C=O) groups is 1. The van der Waals surface area contributed by atoms with Crippen LogP contribution >= 0.6 is 22.7 Å². The van der Waals surface area contributed by atoms with Crippen LogP contribution in [0.3, 0.4) is 0 Å². The van der Waals surface area contributed by atoms with E-state index in [1.54, 1.807) is 11.3 Å². The molecule has 0 spiro atoms. The van der Waals surface area contributed by atoms with E-state index >= 15 is 0 Å². The first-order valence-corrected chi connectivity index (χ1v) is 8.50. The van der Waals surface area contributed by atoms with E-state index in [9.17, 15) is 4.79 Å². The fraction of sp³-hybridized carbons (Fsp3) is 0.188. The number of nitrogens with one attached hydrogen (secondary N) is 1. The summed E-state index contributed by atoms with van der Waals surface area (Å²) in [4.78, 5) is 13.0. The van der Waals surface area contributed by atoms with Crippen LogP contribution in [0.4, 0.5) is 5.69 Å². The van der Waals surface area contributed by atoms with E-state index in [2.05, 4.69) is 16.8 Å². The second kappa shape index (κ2) is 5.87. The van der Waals surface area contributed by atoms with Gasteiger partial charge in [0.15, 0.2) is 0 Å². The Balaban J connectivity index is 1.76. The molecule has 108 valence electrons. The number of amides is 1. The van der Waals surface area contributed by atoms with Crippen molar-refractivity contribution in [2.24, 2.45) is 0 Å². The van der Waals surface area contributed by atoms with Crippen LogP contribution in [-0.2, 0) is 6.42 Å². The molecule has 0 aliphatic rings. The van der Waals surface area contributed by atoms with Gasteiger partial charge in [-0.25, -0.2) is 0 Å². The minimum atomic E-state index is -0.0866. The fourth-order valence-electron chi connectivity index (χ4n) is 2.34. The number of nitrogen functional groups attached to an aromatic ring is 1. The molecule has 5 heteroatoms. The molecule has 0 saturated carbocycles. The van der Waals surface area contributed by atoms with Gasteiger partial charge in [0.25, 0.3) is 5.91 Å². The third-order valence-corrected chi connectivity index (χ3v) is 5.26. The molecule has 2 aromatic heterocycles. The summed E-state index contributed by atoms with van der Waals surface area (Å²) in [6, 6.07) is 10.00. The molecule has 1 amide bonds. The summed E-state index contributed by atoms with van der Waals surface area (Å²) < 4.78 is 1.05. The van der Waals surface area contributed by atoms with Crippen LogP contribution in [-0.4, -0.2) is 11.9 Å². The topological polar surface area (TPSA) is 55.1 Å². The van der Waals surface area contributed by atoms with Crippen molar-refractivity contribution in [2.45, 2.75) is 19.4 Å². The van der Waals surface area contributed by atoms with Crippen LogP contribution in [0.15, 0.2) is 41.1 Å². The van der Waals surface area contributed by atoms with Crippen LogP contribution in [0.1, 0.15) is 22.2 Å². The molecule has 1 atom stereocenters. The average Bonchev–Trinajstić information content (AvgIpc) is 3.07. The number of benzene rings is 1. The summed E-state index contributed by atoms with van der Waals surface area (Å²) >= 11 is 3.12. The van der Waals surface area contributed by atoms with Gasteiger partial charge < -0.3 is 11.1 Å². The summed E-state index contributed by atoms with van der Waals surface area (Å²) in [5, 5.41) is 8.15. The summed E-state index contributed by atoms with van der Waals surface area (Å²) in [5.74, 6) is -0.0866. The van der Waals surface area contributed by atoms with Gasteiger partial charge >= 0.3 is 0 Å². The van der Waals surface area contributed by atoms with Crippen molar-refractivity contribution < 1.29 is 4.79 Å². The summed E-state index contributed by atoms with van der Waals surface area (Å²) in [6.45, 7) is 2.01. The number of rotatable bonds is 4. The Morgan fingerprint density at radius 1 is 1.33 bits per heavy atom. The van der Waals surface area contributed by atoms with Crippen molar-refractivity contribution in [2.75, 3.05) is 5.73 Å². The van der Waals surface area contributed by atoms with Gasteiger partial charge in [0, 0.05) is 16.1 Å². The second-order valence-corrected chi connectivity index (χ2v) is 6.88. The molecule has 1 aromatic carbocycles. The lowest BCUT2D eigenvalue weighted by atomic mass is 10.1. The predicted octanol–water partition coefficient (Wildman–Crippen LogP) is 3.91. The lowest BCUT2D eigenvalue weighted by molar-refractivity contribution is 0.0945. The first kappa shape index (κ1) is 14.1. The van der Waals surface area contributed by atoms with Crippen LogP contribution < -0.4 is 11.1 Å². The largest absolute Gasteiger partial charge is 0.397 e. The molecule has 0 radical (unpaired) electrons. The van der Waals surface area contributed by atoms with E-state index in [0.717, 1.165) is 16.5 Å². The quantitative estimate of drug-likeness (QED) is 0.767. The molecular formula is C16H16N2OS2. The number of nitrogens with two attached hydrogens (primary N) is 1. The first-order valence-electron chi connectivity index (χ1n) is 6.74. The number of hydrogen-bond acceptors (Lipinski definition) is 4. The van der Waals surface area contributed by atoms with E-state index in [-0.39, 0.29) is 11.9 Å². The zero-order valence-electron chi connectivity index (χ0n) is 11.6. The first-order chi connectivity index (χ1) is 10.1. The SMILES string of the molecule is CC(Cc1ccsc1)NC(=O)c1sc2ccccc2c1N. The molecular weight excluding hydrogens is 300 g/mol. The van der Waals surface area contributed by atoms with Crippen LogP contribution in [0.5, 0.6) is 0 Å². The Morgan fingerprint density at radius 3 is 2.86 bits per heavy atom. The Morgan fingerprint density at radius 2 is 2.14 bits per heavy atom. The van der Waals surface area contributed by atoms with Crippen molar-refractivity contribution in [3.05, 3.63) is 51.5 Å². The van der Waals surface area contributed by atoms with E-state index < -0.39 is 0 Å². The molecule has 0 aliphatic carbocycles.